The predicted octanol–water partition coefficient (Wildman–Crippen LogP) is 3.53. The Hall–Kier alpha value is -2.00. The minimum Gasteiger partial charge on any atom is -0.298 e. The molecule has 0 amide bonds. The highest BCUT2D eigenvalue weighted by atomic mass is 19.1. The molecule has 1 atom stereocenters. The molecular weight excluding hydrogens is 265 g/mol. The van der Waals surface area contributed by atoms with Crippen molar-refractivity contribution in [2.24, 2.45) is 5.92 Å². The standard InChI is InChI=1S/C18H18FNO/c19-17-8-6-15(7-9-17)18(21)16-10-11-20(13-16)12-14-4-2-1-3-5-14/h1-9,16H,10-13H2. The molecule has 0 N–H and O–H groups in total. The first kappa shape index (κ1) is 14.0. The normalized spacial score (nSPS) is 18.8. The molecule has 1 fully saturated rings. The van der Waals surface area contributed by atoms with Gasteiger partial charge in [-0.25, -0.2) is 4.39 Å². The van der Waals surface area contributed by atoms with Crippen molar-refractivity contribution in [3.63, 3.8) is 0 Å². The van der Waals surface area contributed by atoms with E-state index < -0.39 is 0 Å². The van der Waals surface area contributed by atoms with Crippen molar-refractivity contribution >= 4 is 5.78 Å². The van der Waals surface area contributed by atoms with E-state index in [0.29, 0.717) is 5.56 Å². The molecule has 3 rings (SSSR count). The van der Waals surface area contributed by atoms with Gasteiger partial charge in [-0.05, 0) is 42.8 Å². The average Bonchev–Trinajstić information content (AvgIpc) is 2.97. The number of Topliss-reactive ketones (excluding diaryl/α,β-unsaturated/α-hetero) is 1. The van der Waals surface area contributed by atoms with Gasteiger partial charge in [-0.15, -0.1) is 0 Å². The summed E-state index contributed by atoms with van der Waals surface area (Å²) < 4.78 is 12.9. The predicted molar refractivity (Wildman–Crippen MR) is 80.6 cm³/mol. The van der Waals surface area contributed by atoms with Crippen LogP contribution in [0.1, 0.15) is 22.3 Å². The van der Waals surface area contributed by atoms with Crippen molar-refractivity contribution in [3.05, 3.63) is 71.5 Å². The average molecular weight is 283 g/mol. The van der Waals surface area contributed by atoms with E-state index >= 15 is 0 Å². The van der Waals surface area contributed by atoms with Crippen LogP contribution in [0, 0.1) is 11.7 Å². The molecule has 21 heavy (non-hydrogen) atoms. The lowest BCUT2D eigenvalue weighted by Crippen LogP contribution is -2.23. The van der Waals surface area contributed by atoms with E-state index in [1.807, 2.05) is 18.2 Å². The van der Waals surface area contributed by atoms with E-state index in [1.165, 1.54) is 17.7 Å². The second-order valence-corrected chi connectivity index (χ2v) is 5.58. The molecule has 1 unspecified atom stereocenters. The van der Waals surface area contributed by atoms with Gasteiger partial charge in [0.1, 0.15) is 5.82 Å². The Balaban J connectivity index is 1.61. The number of carbonyl (C=O) groups is 1. The van der Waals surface area contributed by atoms with Crippen molar-refractivity contribution in [2.75, 3.05) is 13.1 Å². The molecule has 1 aliphatic heterocycles. The number of ketones is 1. The van der Waals surface area contributed by atoms with Crippen molar-refractivity contribution in [3.8, 4) is 0 Å². The third-order valence-electron chi connectivity index (χ3n) is 4.02. The number of halogens is 1. The van der Waals surface area contributed by atoms with E-state index in [-0.39, 0.29) is 17.5 Å². The second kappa shape index (κ2) is 6.19. The van der Waals surface area contributed by atoms with Gasteiger partial charge in [0.05, 0.1) is 0 Å². The summed E-state index contributed by atoms with van der Waals surface area (Å²) in [4.78, 5) is 14.7. The fourth-order valence-electron chi connectivity index (χ4n) is 2.88. The van der Waals surface area contributed by atoms with Crippen molar-refractivity contribution in [1.82, 2.24) is 4.90 Å². The Kier molecular flexibility index (Phi) is 4.11. The van der Waals surface area contributed by atoms with Gasteiger partial charge in [0.15, 0.2) is 5.78 Å². The Bertz CT molecular complexity index is 609. The Morgan fingerprint density at radius 1 is 1.10 bits per heavy atom. The molecule has 2 aromatic rings. The van der Waals surface area contributed by atoms with Crippen LogP contribution in [0.15, 0.2) is 54.6 Å². The minimum absolute atomic E-state index is 0.0270. The van der Waals surface area contributed by atoms with Crippen LogP contribution < -0.4 is 0 Å². The van der Waals surface area contributed by atoms with E-state index in [0.717, 1.165) is 26.1 Å². The first-order valence-corrected chi connectivity index (χ1v) is 7.28. The summed E-state index contributed by atoms with van der Waals surface area (Å²) in [6.45, 7) is 2.60. The van der Waals surface area contributed by atoms with E-state index in [2.05, 4.69) is 17.0 Å². The summed E-state index contributed by atoms with van der Waals surface area (Å²) in [5, 5.41) is 0. The van der Waals surface area contributed by atoms with Crippen LogP contribution in [0.5, 0.6) is 0 Å². The molecule has 3 heteroatoms. The third kappa shape index (κ3) is 3.37. The molecule has 1 aliphatic rings. The highest BCUT2D eigenvalue weighted by Crippen LogP contribution is 2.22. The van der Waals surface area contributed by atoms with E-state index in [1.54, 1.807) is 12.1 Å². The zero-order valence-electron chi connectivity index (χ0n) is 11.8. The molecule has 0 bridgehead atoms. The summed E-state index contributed by atoms with van der Waals surface area (Å²) in [5.41, 5.74) is 1.88. The minimum atomic E-state index is -0.302. The van der Waals surface area contributed by atoms with Crippen molar-refractivity contribution in [1.29, 1.82) is 0 Å². The highest BCUT2D eigenvalue weighted by Gasteiger charge is 2.28. The number of carbonyl (C=O) groups excluding carboxylic acids is 1. The molecule has 1 saturated heterocycles. The summed E-state index contributed by atoms with van der Waals surface area (Å²) in [7, 11) is 0. The molecule has 0 saturated carbocycles. The fraction of sp³-hybridized carbons (Fsp3) is 0.278. The van der Waals surface area contributed by atoms with Gasteiger partial charge in [0.2, 0.25) is 0 Å². The molecule has 2 aromatic carbocycles. The molecule has 0 spiro atoms. The van der Waals surface area contributed by atoms with E-state index in [4.69, 9.17) is 0 Å². The number of likely N-dealkylation sites (tertiary alicyclic amines) is 1. The lowest BCUT2D eigenvalue weighted by atomic mass is 9.97. The van der Waals surface area contributed by atoms with Gasteiger partial charge in [-0.1, -0.05) is 30.3 Å². The molecule has 0 radical (unpaired) electrons. The maximum absolute atomic E-state index is 12.9. The molecule has 0 aliphatic carbocycles. The zero-order chi connectivity index (χ0) is 14.7. The van der Waals surface area contributed by atoms with Crippen LogP contribution in [-0.4, -0.2) is 23.8 Å². The zero-order valence-corrected chi connectivity index (χ0v) is 11.8. The monoisotopic (exact) mass is 283 g/mol. The number of hydrogen-bond donors (Lipinski definition) is 0. The Morgan fingerprint density at radius 2 is 1.81 bits per heavy atom. The molecule has 1 heterocycles. The third-order valence-corrected chi connectivity index (χ3v) is 4.02. The lowest BCUT2D eigenvalue weighted by molar-refractivity contribution is 0.0922. The summed E-state index contributed by atoms with van der Waals surface area (Å²) in [5.74, 6) is -0.145. The van der Waals surface area contributed by atoms with Crippen LogP contribution in [0.3, 0.4) is 0 Å². The van der Waals surface area contributed by atoms with Crippen molar-refractivity contribution in [2.45, 2.75) is 13.0 Å². The summed E-state index contributed by atoms with van der Waals surface area (Å²) in [6.07, 6.45) is 0.878. The van der Waals surface area contributed by atoms with Gasteiger partial charge in [-0.2, -0.15) is 0 Å². The number of rotatable bonds is 4. The topological polar surface area (TPSA) is 20.3 Å². The second-order valence-electron chi connectivity index (χ2n) is 5.58. The van der Waals surface area contributed by atoms with Crippen LogP contribution in [0.25, 0.3) is 0 Å². The maximum atomic E-state index is 12.9. The van der Waals surface area contributed by atoms with Crippen LogP contribution in [0.4, 0.5) is 4.39 Å². The Labute approximate surface area is 124 Å². The molecule has 0 aromatic heterocycles. The first-order valence-electron chi connectivity index (χ1n) is 7.28. The number of nitrogens with zero attached hydrogens (tertiary/aromatic N) is 1. The Morgan fingerprint density at radius 3 is 2.52 bits per heavy atom. The van der Waals surface area contributed by atoms with E-state index in [9.17, 15) is 9.18 Å². The van der Waals surface area contributed by atoms with Gasteiger partial charge < -0.3 is 0 Å². The first-order chi connectivity index (χ1) is 10.2. The maximum Gasteiger partial charge on any atom is 0.167 e. The van der Waals surface area contributed by atoms with Crippen LogP contribution in [0.2, 0.25) is 0 Å². The quantitative estimate of drug-likeness (QED) is 0.800. The SMILES string of the molecule is O=C(c1ccc(F)cc1)C1CCN(Cc2ccccc2)C1. The van der Waals surface area contributed by atoms with Gasteiger partial charge >= 0.3 is 0 Å². The smallest absolute Gasteiger partial charge is 0.167 e. The molecular formula is C18H18FNO. The fourth-order valence-corrected chi connectivity index (χ4v) is 2.88. The highest BCUT2D eigenvalue weighted by molar-refractivity contribution is 5.98. The van der Waals surface area contributed by atoms with Crippen molar-refractivity contribution < 1.29 is 9.18 Å². The summed E-state index contributed by atoms with van der Waals surface area (Å²) in [6, 6.07) is 16.2. The van der Waals surface area contributed by atoms with Gasteiger partial charge in [0.25, 0.3) is 0 Å². The van der Waals surface area contributed by atoms with Crippen LogP contribution in [-0.2, 0) is 6.54 Å². The number of hydrogen-bond acceptors (Lipinski definition) is 2. The van der Waals surface area contributed by atoms with Gasteiger partial charge in [-0.3, -0.25) is 9.69 Å². The van der Waals surface area contributed by atoms with Gasteiger partial charge in [0, 0.05) is 24.6 Å². The largest absolute Gasteiger partial charge is 0.298 e. The number of benzene rings is 2. The molecule has 2 nitrogen and oxygen atoms in total. The van der Waals surface area contributed by atoms with Crippen LogP contribution >= 0.6 is 0 Å². The molecule has 108 valence electrons. The summed E-state index contributed by atoms with van der Waals surface area (Å²) >= 11 is 0. The lowest BCUT2D eigenvalue weighted by Gasteiger charge is -2.15.